The second kappa shape index (κ2) is 4.65. The summed E-state index contributed by atoms with van der Waals surface area (Å²) in [6.45, 7) is 4.11. The summed E-state index contributed by atoms with van der Waals surface area (Å²) in [5.41, 5.74) is -0.0576. The number of nitrogens with one attached hydrogen (secondary N) is 2. The van der Waals surface area contributed by atoms with E-state index < -0.39 is 0 Å². The molecule has 1 heterocycles. The summed E-state index contributed by atoms with van der Waals surface area (Å²) in [6.07, 6.45) is 4.26. The Morgan fingerprint density at radius 3 is 2.94 bits per heavy atom. The van der Waals surface area contributed by atoms with E-state index in [0.29, 0.717) is 12.1 Å². The standard InChI is InChI=1S/C11H17N3O2/c1-8-7-14(11(16)13-10(8)15)5-4-12-6-9-2-3-9/h7,9,12H,2-6H2,1H3,(H,13,15,16). The quantitative estimate of drug-likeness (QED) is 0.682. The van der Waals surface area contributed by atoms with Gasteiger partial charge in [-0.25, -0.2) is 4.79 Å². The molecule has 16 heavy (non-hydrogen) atoms. The number of aromatic nitrogens is 2. The zero-order valence-electron chi connectivity index (χ0n) is 9.45. The predicted molar refractivity (Wildman–Crippen MR) is 61.7 cm³/mol. The van der Waals surface area contributed by atoms with E-state index in [9.17, 15) is 9.59 Å². The topological polar surface area (TPSA) is 66.9 Å². The van der Waals surface area contributed by atoms with Gasteiger partial charge in [0.2, 0.25) is 0 Å². The molecule has 0 bridgehead atoms. The zero-order valence-corrected chi connectivity index (χ0v) is 9.45. The van der Waals surface area contributed by atoms with Crippen molar-refractivity contribution in [3.63, 3.8) is 0 Å². The fraction of sp³-hybridized carbons (Fsp3) is 0.636. The Morgan fingerprint density at radius 2 is 2.25 bits per heavy atom. The molecule has 2 rings (SSSR count). The van der Waals surface area contributed by atoms with Crippen LogP contribution in [0.5, 0.6) is 0 Å². The average molecular weight is 223 g/mol. The zero-order chi connectivity index (χ0) is 11.5. The number of H-pyrrole nitrogens is 1. The van der Waals surface area contributed by atoms with Crippen LogP contribution in [-0.4, -0.2) is 22.6 Å². The Morgan fingerprint density at radius 1 is 1.50 bits per heavy atom. The van der Waals surface area contributed by atoms with Gasteiger partial charge in [-0.2, -0.15) is 0 Å². The fourth-order valence-electron chi connectivity index (χ4n) is 1.61. The van der Waals surface area contributed by atoms with Gasteiger partial charge in [0.15, 0.2) is 0 Å². The molecule has 0 unspecified atom stereocenters. The van der Waals surface area contributed by atoms with E-state index in [0.717, 1.165) is 19.0 Å². The predicted octanol–water partition coefficient (Wildman–Crippen LogP) is -0.155. The highest BCUT2D eigenvalue weighted by Gasteiger charge is 2.19. The van der Waals surface area contributed by atoms with Gasteiger partial charge < -0.3 is 5.32 Å². The van der Waals surface area contributed by atoms with E-state index in [-0.39, 0.29) is 11.2 Å². The first kappa shape index (κ1) is 11.1. The molecule has 2 N–H and O–H groups in total. The van der Waals surface area contributed by atoms with Gasteiger partial charge in [-0.05, 0) is 32.2 Å². The van der Waals surface area contributed by atoms with E-state index >= 15 is 0 Å². The third-order valence-electron chi connectivity index (χ3n) is 2.85. The van der Waals surface area contributed by atoms with Crippen LogP contribution in [0.1, 0.15) is 18.4 Å². The summed E-state index contributed by atoms with van der Waals surface area (Å²) in [6, 6.07) is 0. The Labute approximate surface area is 93.5 Å². The van der Waals surface area contributed by atoms with Crippen molar-refractivity contribution in [3.05, 3.63) is 32.6 Å². The van der Waals surface area contributed by atoms with Gasteiger partial charge in [-0.3, -0.25) is 14.3 Å². The van der Waals surface area contributed by atoms with Crippen LogP contribution < -0.4 is 16.6 Å². The number of nitrogens with zero attached hydrogens (tertiary/aromatic N) is 1. The van der Waals surface area contributed by atoms with Crippen molar-refractivity contribution in [3.8, 4) is 0 Å². The minimum absolute atomic E-state index is 0.299. The molecule has 1 aromatic rings. The molecular weight excluding hydrogens is 206 g/mol. The third-order valence-corrected chi connectivity index (χ3v) is 2.85. The maximum Gasteiger partial charge on any atom is 0.328 e. The smallest absolute Gasteiger partial charge is 0.315 e. The van der Waals surface area contributed by atoms with Crippen molar-refractivity contribution in [2.45, 2.75) is 26.3 Å². The SMILES string of the molecule is Cc1cn(CCNCC2CC2)c(=O)[nH]c1=O. The Hall–Kier alpha value is -1.36. The van der Waals surface area contributed by atoms with Gasteiger partial charge in [-0.15, -0.1) is 0 Å². The van der Waals surface area contributed by atoms with E-state index in [1.54, 1.807) is 13.1 Å². The molecule has 1 aliphatic rings. The van der Waals surface area contributed by atoms with Crippen LogP contribution in [0.3, 0.4) is 0 Å². The van der Waals surface area contributed by atoms with Crippen LogP contribution in [0.15, 0.2) is 15.8 Å². The maximum atomic E-state index is 11.4. The van der Waals surface area contributed by atoms with E-state index in [4.69, 9.17) is 0 Å². The molecule has 1 aromatic heterocycles. The first-order chi connectivity index (χ1) is 7.66. The normalized spacial score (nSPS) is 15.3. The molecule has 0 amide bonds. The first-order valence-corrected chi connectivity index (χ1v) is 5.68. The highest BCUT2D eigenvalue weighted by Crippen LogP contribution is 2.27. The number of rotatable bonds is 5. The lowest BCUT2D eigenvalue weighted by molar-refractivity contribution is 0.556. The van der Waals surface area contributed by atoms with Crippen LogP contribution in [-0.2, 0) is 6.54 Å². The fourth-order valence-corrected chi connectivity index (χ4v) is 1.61. The second-order valence-electron chi connectivity index (χ2n) is 4.41. The van der Waals surface area contributed by atoms with E-state index in [2.05, 4.69) is 10.3 Å². The van der Waals surface area contributed by atoms with Crippen molar-refractivity contribution in [1.29, 1.82) is 0 Å². The minimum Gasteiger partial charge on any atom is -0.315 e. The van der Waals surface area contributed by atoms with Gasteiger partial charge in [0.1, 0.15) is 0 Å². The van der Waals surface area contributed by atoms with Crippen LogP contribution in [0, 0.1) is 12.8 Å². The monoisotopic (exact) mass is 223 g/mol. The molecule has 0 aliphatic heterocycles. The molecule has 0 aromatic carbocycles. The molecular formula is C11H17N3O2. The van der Waals surface area contributed by atoms with Gasteiger partial charge in [0, 0.05) is 24.8 Å². The summed E-state index contributed by atoms with van der Waals surface area (Å²) in [5, 5.41) is 3.31. The average Bonchev–Trinajstić information content (AvgIpc) is 3.04. The number of aromatic amines is 1. The van der Waals surface area contributed by atoms with Gasteiger partial charge in [-0.1, -0.05) is 0 Å². The number of hydrogen-bond acceptors (Lipinski definition) is 3. The number of hydrogen-bond donors (Lipinski definition) is 2. The van der Waals surface area contributed by atoms with Crippen LogP contribution in [0.2, 0.25) is 0 Å². The molecule has 0 radical (unpaired) electrons. The molecule has 0 spiro atoms. The summed E-state index contributed by atoms with van der Waals surface area (Å²) in [7, 11) is 0. The Kier molecular flexibility index (Phi) is 3.24. The Balaban J connectivity index is 1.90. The molecule has 0 atom stereocenters. The van der Waals surface area contributed by atoms with Crippen molar-refractivity contribution >= 4 is 0 Å². The van der Waals surface area contributed by atoms with Gasteiger partial charge in [0.25, 0.3) is 5.56 Å². The molecule has 0 saturated heterocycles. The van der Waals surface area contributed by atoms with Crippen molar-refractivity contribution in [1.82, 2.24) is 14.9 Å². The van der Waals surface area contributed by atoms with E-state index in [1.165, 1.54) is 17.4 Å². The largest absolute Gasteiger partial charge is 0.328 e. The summed E-state index contributed by atoms with van der Waals surface area (Å²) in [4.78, 5) is 24.8. The van der Waals surface area contributed by atoms with Gasteiger partial charge in [0.05, 0.1) is 0 Å². The highest BCUT2D eigenvalue weighted by atomic mass is 16.2. The van der Waals surface area contributed by atoms with Crippen molar-refractivity contribution in [2.75, 3.05) is 13.1 Å². The lowest BCUT2D eigenvalue weighted by atomic mass is 10.4. The Bertz CT molecular complexity index is 471. The lowest BCUT2D eigenvalue weighted by Crippen LogP contribution is -2.33. The molecule has 5 heteroatoms. The number of aryl methyl sites for hydroxylation is 1. The minimum atomic E-state index is -0.330. The third kappa shape index (κ3) is 2.82. The first-order valence-electron chi connectivity index (χ1n) is 5.68. The molecule has 1 aliphatic carbocycles. The highest BCUT2D eigenvalue weighted by molar-refractivity contribution is 5.00. The van der Waals surface area contributed by atoms with Crippen LogP contribution in [0.25, 0.3) is 0 Å². The summed E-state index contributed by atoms with van der Waals surface area (Å²) in [5.74, 6) is 0.842. The van der Waals surface area contributed by atoms with Crippen LogP contribution >= 0.6 is 0 Å². The van der Waals surface area contributed by atoms with Crippen molar-refractivity contribution in [2.24, 2.45) is 5.92 Å². The lowest BCUT2D eigenvalue weighted by Gasteiger charge is -2.06. The van der Waals surface area contributed by atoms with E-state index in [1.807, 2.05) is 0 Å². The molecule has 1 fully saturated rings. The van der Waals surface area contributed by atoms with Crippen LogP contribution in [0.4, 0.5) is 0 Å². The second-order valence-corrected chi connectivity index (χ2v) is 4.41. The molecule has 5 nitrogen and oxygen atoms in total. The van der Waals surface area contributed by atoms with Gasteiger partial charge >= 0.3 is 5.69 Å². The van der Waals surface area contributed by atoms with Crippen molar-refractivity contribution < 1.29 is 0 Å². The summed E-state index contributed by atoms with van der Waals surface area (Å²) >= 11 is 0. The summed E-state index contributed by atoms with van der Waals surface area (Å²) < 4.78 is 1.54. The maximum absolute atomic E-state index is 11.4. The molecule has 88 valence electrons. The molecule has 1 saturated carbocycles.